The molecule has 0 spiro atoms. The van der Waals surface area contributed by atoms with Crippen LogP contribution in [0.15, 0.2) is 12.2 Å². The van der Waals surface area contributed by atoms with Crippen molar-refractivity contribution >= 4 is 27.9 Å². The largest absolute Gasteiger partial charge is 0.443 e. The maximum atomic E-state index is 11.8. The maximum Gasteiger partial charge on any atom is 0.417 e. The summed E-state index contributed by atoms with van der Waals surface area (Å²) in [4.78, 5) is 24.9. The van der Waals surface area contributed by atoms with Crippen molar-refractivity contribution in [3.05, 3.63) is 12.2 Å². The Morgan fingerprint density at radius 3 is 2.50 bits per heavy atom. The van der Waals surface area contributed by atoms with Gasteiger partial charge in [0, 0.05) is 0 Å². The molecule has 4 nitrogen and oxygen atoms in total. The predicted molar refractivity (Wildman–Crippen MR) is 62.2 cm³/mol. The van der Waals surface area contributed by atoms with E-state index in [-0.39, 0.29) is 22.7 Å². The number of hydrogen-bond acceptors (Lipinski definition) is 3. The number of halogens is 1. The van der Waals surface area contributed by atoms with Crippen molar-refractivity contribution in [3.63, 3.8) is 0 Å². The first-order valence-corrected chi connectivity index (χ1v) is 6.11. The second-order valence-corrected chi connectivity index (χ2v) is 6.09. The van der Waals surface area contributed by atoms with Crippen molar-refractivity contribution in [2.45, 2.75) is 37.2 Å². The summed E-state index contributed by atoms with van der Waals surface area (Å²) < 4.78 is 5.20. The zero-order chi connectivity index (χ0) is 12.1. The van der Waals surface area contributed by atoms with Gasteiger partial charge in [0.05, 0.1) is 16.8 Å². The molecule has 0 radical (unpaired) electrons. The van der Waals surface area contributed by atoms with Crippen LogP contribution in [0, 0.1) is 5.92 Å². The predicted octanol–water partition coefficient (Wildman–Crippen LogP) is 2.08. The van der Waals surface area contributed by atoms with Gasteiger partial charge < -0.3 is 4.74 Å². The van der Waals surface area contributed by atoms with Gasteiger partial charge in [0.25, 0.3) is 0 Å². The molecule has 88 valence electrons. The standard InChI is InChI=1S/C11H14BrNO3/c1-11(2,3)16-10(15)13-7-5-4-6(8(7)12)9(13)14/h4-8H,1-3H3/t6-,7+,8+/m1/s1. The molecule has 1 aliphatic carbocycles. The third-order valence-electron chi connectivity index (χ3n) is 2.60. The van der Waals surface area contributed by atoms with Crippen molar-refractivity contribution in [1.82, 2.24) is 4.90 Å². The smallest absolute Gasteiger partial charge is 0.417 e. The highest BCUT2D eigenvalue weighted by molar-refractivity contribution is 9.09. The van der Waals surface area contributed by atoms with Gasteiger partial charge in [-0.3, -0.25) is 4.79 Å². The molecule has 2 bridgehead atoms. The molecule has 0 aromatic rings. The molecule has 5 heteroatoms. The van der Waals surface area contributed by atoms with Crippen LogP contribution in [0.2, 0.25) is 0 Å². The first-order valence-electron chi connectivity index (χ1n) is 5.20. The fourth-order valence-corrected chi connectivity index (χ4v) is 2.75. The van der Waals surface area contributed by atoms with E-state index in [1.165, 1.54) is 4.90 Å². The molecule has 0 aromatic carbocycles. The number of carbonyl (C=O) groups is 2. The summed E-state index contributed by atoms with van der Waals surface area (Å²) in [7, 11) is 0. The molecule has 1 fully saturated rings. The van der Waals surface area contributed by atoms with E-state index in [0.29, 0.717) is 0 Å². The zero-order valence-electron chi connectivity index (χ0n) is 9.44. The van der Waals surface area contributed by atoms with Crippen molar-refractivity contribution in [3.8, 4) is 0 Å². The minimum absolute atomic E-state index is 0.00693. The number of likely N-dealkylation sites (tertiary alicyclic amines) is 1. The van der Waals surface area contributed by atoms with Crippen molar-refractivity contribution in [1.29, 1.82) is 0 Å². The molecule has 2 rings (SSSR count). The van der Waals surface area contributed by atoms with E-state index in [1.54, 1.807) is 20.8 Å². The molecule has 3 atom stereocenters. The summed E-state index contributed by atoms with van der Waals surface area (Å²) in [5, 5.41) is 0. The molecule has 0 N–H and O–H groups in total. The van der Waals surface area contributed by atoms with Crippen LogP contribution < -0.4 is 0 Å². The number of nitrogens with zero attached hydrogens (tertiary/aromatic N) is 1. The monoisotopic (exact) mass is 287 g/mol. The van der Waals surface area contributed by atoms with Crippen LogP contribution in [0.4, 0.5) is 4.79 Å². The highest BCUT2D eigenvalue weighted by atomic mass is 79.9. The molecule has 0 unspecified atom stereocenters. The lowest BCUT2D eigenvalue weighted by molar-refractivity contribution is -0.130. The lowest BCUT2D eigenvalue weighted by Gasteiger charge is -2.27. The summed E-state index contributed by atoms with van der Waals surface area (Å²) in [6, 6.07) is -0.202. The highest BCUT2D eigenvalue weighted by Crippen LogP contribution is 2.38. The summed E-state index contributed by atoms with van der Waals surface area (Å²) in [6.07, 6.45) is 3.15. The van der Waals surface area contributed by atoms with Crippen molar-refractivity contribution in [2.75, 3.05) is 0 Å². The minimum atomic E-state index is -0.579. The van der Waals surface area contributed by atoms with E-state index in [0.717, 1.165) is 0 Å². The number of carbonyl (C=O) groups excluding carboxylic acids is 2. The van der Waals surface area contributed by atoms with E-state index in [2.05, 4.69) is 15.9 Å². The molecule has 2 amide bonds. The minimum Gasteiger partial charge on any atom is -0.443 e. The van der Waals surface area contributed by atoms with E-state index < -0.39 is 11.7 Å². The maximum absolute atomic E-state index is 11.8. The molecule has 2 aliphatic rings. The molecule has 1 heterocycles. The number of ether oxygens (including phenoxy) is 1. The second-order valence-electron chi connectivity index (χ2n) is 5.03. The summed E-state index contributed by atoms with van der Waals surface area (Å²) >= 11 is 3.43. The van der Waals surface area contributed by atoms with Gasteiger partial charge in [-0.1, -0.05) is 28.1 Å². The van der Waals surface area contributed by atoms with Gasteiger partial charge in [0.2, 0.25) is 5.91 Å². The van der Waals surface area contributed by atoms with E-state index in [1.807, 2.05) is 12.2 Å². The van der Waals surface area contributed by atoms with Crippen LogP contribution in [0.5, 0.6) is 0 Å². The van der Waals surface area contributed by atoms with Crippen LogP contribution in [-0.4, -0.2) is 33.4 Å². The molecular weight excluding hydrogens is 274 g/mol. The van der Waals surface area contributed by atoms with Crippen LogP contribution in [0.1, 0.15) is 20.8 Å². The number of alkyl halides is 1. The third kappa shape index (κ3) is 1.77. The molecule has 1 aliphatic heterocycles. The number of rotatable bonds is 0. The van der Waals surface area contributed by atoms with Gasteiger partial charge in [-0.2, -0.15) is 0 Å². The number of imide groups is 1. The van der Waals surface area contributed by atoms with Crippen LogP contribution >= 0.6 is 15.9 Å². The fraction of sp³-hybridized carbons (Fsp3) is 0.636. The Balaban J connectivity index is 2.15. The van der Waals surface area contributed by atoms with Crippen LogP contribution in [0.3, 0.4) is 0 Å². The van der Waals surface area contributed by atoms with Crippen LogP contribution in [0.25, 0.3) is 0 Å². The molecule has 16 heavy (non-hydrogen) atoms. The van der Waals surface area contributed by atoms with E-state index >= 15 is 0 Å². The van der Waals surface area contributed by atoms with Gasteiger partial charge in [-0.15, -0.1) is 0 Å². The fourth-order valence-electron chi connectivity index (χ4n) is 1.94. The summed E-state index contributed by atoms with van der Waals surface area (Å²) in [5.74, 6) is -0.402. The Hall–Kier alpha value is -0.840. The molecule has 0 aromatic heterocycles. The summed E-state index contributed by atoms with van der Waals surface area (Å²) in [5.41, 5.74) is -0.579. The van der Waals surface area contributed by atoms with Gasteiger partial charge in [-0.05, 0) is 20.8 Å². The first kappa shape index (κ1) is 11.6. The van der Waals surface area contributed by atoms with E-state index in [9.17, 15) is 9.59 Å². The average molecular weight is 288 g/mol. The van der Waals surface area contributed by atoms with Gasteiger partial charge in [-0.25, -0.2) is 9.69 Å². The Labute approximate surface area is 103 Å². The third-order valence-corrected chi connectivity index (χ3v) is 3.71. The first-order chi connectivity index (χ1) is 7.31. The van der Waals surface area contributed by atoms with Crippen LogP contribution in [-0.2, 0) is 9.53 Å². The Bertz CT molecular complexity index is 372. The molecule has 1 saturated heterocycles. The lowest BCUT2D eigenvalue weighted by Crippen LogP contribution is -2.43. The number of amides is 2. The van der Waals surface area contributed by atoms with Crippen molar-refractivity contribution in [2.24, 2.45) is 5.92 Å². The Morgan fingerprint density at radius 1 is 1.44 bits per heavy atom. The summed E-state index contributed by atoms with van der Waals surface area (Å²) in [6.45, 7) is 5.35. The zero-order valence-corrected chi connectivity index (χ0v) is 11.0. The van der Waals surface area contributed by atoms with Gasteiger partial charge in [0.15, 0.2) is 0 Å². The van der Waals surface area contributed by atoms with E-state index in [4.69, 9.17) is 4.74 Å². The number of fused-ring (bicyclic) bond motifs is 2. The van der Waals surface area contributed by atoms with Crippen molar-refractivity contribution < 1.29 is 14.3 Å². The average Bonchev–Trinajstić information content (AvgIpc) is 2.56. The normalized spacial score (nSPS) is 32.4. The SMILES string of the molecule is CC(C)(C)OC(=O)N1C(=O)[C@@H]2C=C[C@H]1[C@H]2Br. The quantitative estimate of drug-likeness (QED) is 0.506. The molecule has 0 saturated carbocycles. The second kappa shape index (κ2) is 3.58. The van der Waals surface area contributed by atoms with Gasteiger partial charge >= 0.3 is 6.09 Å². The lowest BCUT2D eigenvalue weighted by atomic mass is 10.1. The highest BCUT2D eigenvalue weighted by Gasteiger charge is 2.52. The van der Waals surface area contributed by atoms with Gasteiger partial charge in [0.1, 0.15) is 5.60 Å². The molecular formula is C11H14BrNO3. The topological polar surface area (TPSA) is 46.6 Å². The number of hydrogen-bond donors (Lipinski definition) is 0. The Morgan fingerprint density at radius 2 is 2.06 bits per heavy atom. The Kier molecular flexibility index (Phi) is 2.61.